The van der Waals surface area contributed by atoms with E-state index < -0.39 is 0 Å². The van der Waals surface area contributed by atoms with Crippen molar-refractivity contribution >= 4 is 0 Å². The molecule has 0 aromatic carbocycles. The molecule has 0 rings (SSSR count). The molecule has 0 radical (unpaired) electrons. The fraction of sp³-hybridized carbons (Fsp3) is 1.00. The van der Waals surface area contributed by atoms with E-state index in [9.17, 15) is 0 Å². The average molecular weight is 306 g/mol. The van der Waals surface area contributed by atoms with Crippen LogP contribution in [0.4, 0.5) is 0 Å². The first-order chi connectivity index (χ1) is 10.3. The summed E-state index contributed by atoms with van der Waals surface area (Å²) >= 11 is 0. The monoisotopic (exact) mass is 306 g/mol. The molecule has 0 fully saturated rings. The van der Waals surface area contributed by atoms with Crippen molar-refractivity contribution in [2.75, 3.05) is 26.4 Å². The van der Waals surface area contributed by atoms with Crippen molar-refractivity contribution in [3.63, 3.8) is 0 Å². The van der Waals surface area contributed by atoms with Gasteiger partial charge >= 0.3 is 0 Å². The lowest BCUT2D eigenvalue weighted by molar-refractivity contribution is 0.275. The van der Waals surface area contributed by atoms with Crippen LogP contribution in [0.1, 0.15) is 83.5 Å². The van der Waals surface area contributed by atoms with Gasteiger partial charge in [0.1, 0.15) is 0 Å². The second kappa shape index (κ2) is 24.8. The minimum atomic E-state index is 0.319. The number of rotatable bonds is 15. The second-order valence-electron chi connectivity index (χ2n) is 5.49. The van der Waals surface area contributed by atoms with Gasteiger partial charge in [-0.25, -0.2) is 0 Å². The molecule has 0 aromatic heterocycles. The highest BCUT2D eigenvalue weighted by Gasteiger charge is 1.90. The Kier molecular flexibility index (Phi) is 27.3. The van der Waals surface area contributed by atoms with Gasteiger partial charge in [-0.2, -0.15) is 0 Å². The van der Waals surface area contributed by atoms with Crippen molar-refractivity contribution < 1.29 is 20.4 Å². The van der Waals surface area contributed by atoms with Crippen LogP contribution >= 0.6 is 0 Å². The van der Waals surface area contributed by atoms with E-state index in [-0.39, 0.29) is 0 Å². The number of aliphatic hydroxyl groups is 4. The maximum atomic E-state index is 8.47. The van der Waals surface area contributed by atoms with Crippen LogP contribution in [0, 0.1) is 0 Å². The van der Waals surface area contributed by atoms with Crippen molar-refractivity contribution in [1.29, 1.82) is 0 Å². The van der Waals surface area contributed by atoms with Gasteiger partial charge in [0.15, 0.2) is 0 Å². The Labute approximate surface area is 131 Å². The fourth-order valence-electron chi connectivity index (χ4n) is 2.04. The first-order valence-corrected chi connectivity index (χ1v) is 8.76. The highest BCUT2D eigenvalue weighted by atomic mass is 16.3. The van der Waals surface area contributed by atoms with Crippen LogP contribution in [-0.2, 0) is 0 Å². The Bertz CT molecular complexity index is 138. The predicted molar refractivity (Wildman–Crippen MR) is 88.4 cm³/mol. The second-order valence-corrected chi connectivity index (χ2v) is 5.49. The third-order valence-corrected chi connectivity index (χ3v) is 3.38. The summed E-state index contributed by atoms with van der Waals surface area (Å²) < 4.78 is 0. The molecule has 0 amide bonds. The summed E-state index contributed by atoms with van der Waals surface area (Å²) in [4.78, 5) is 0. The Hall–Kier alpha value is -0.160. The molecule has 130 valence electrons. The Balaban J connectivity index is 0. The van der Waals surface area contributed by atoms with Gasteiger partial charge in [0, 0.05) is 26.4 Å². The molecule has 0 aliphatic rings. The zero-order chi connectivity index (χ0) is 16.0. The number of unbranched alkanes of at least 4 members (excludes halogenated alkanes) is 11. The molecule has 0 aliphatic carbocycles. The minimum Gasteiger partial charge on any atom is -0.396 e. The van der Waals surface area contributed by atoms with Gasteiger partial charge in [-0.05, 0) is 25.7 Å². The molecule has 0 spiro atoms. The van der Waals surface area contributed by atoms with Gasteiger partial charge in [0.2, 0.25) is 0 Å². The molecule has 0 saturated heterocycles. The lowest BCUT2D eigenvalue weighted by Gasteiger charge is -1.98. The summed E-state index contributed by atoms with van der Waals surface area (Å²) in [6.45, 7) is 1.30. The summed E-state index contributed by atoms with van der Waals surface area (Å²) in [6, 6.07) is 0. The van der Waals surface area contributed by atoms with Crippen molar-refractivity contribution in [1.82, 2.24) is 0 Å². The summed E-state index contributed by atoms with van der Waals surface area (Å²) in [7, 11) is 0. The van der Waals surface area contributed by atoms with Gasteiger partial charge in [0.25, 0.3) is 0 Å². The molecule has 0 aliphatic heterocycles. The quantitative estimate of drug-likeness (QED) is 0.351. The Morgan fingerprint density at radius 3 is 0.524 bits per heavy atom. The van der Waals surface area contributed by atoms with Crippen LogP contribution < -0.4 is 0 Å². The van der Waals surface area contributed by atoms with Crippen LogP contribution in [0.2, 0.25) is 0 Å². The molecule has 0 unspecified atom stereocenters. The maximum absolute atomic E-state index is 8.47. The molecular formula is C17H38O4. The number of aliphatic hydroxyl groups excluding tert-OH is 4. The lowest BCUT2D eigenvalue weighted by atomic mass is 10.1. The van der Waals surface area contributed by atoms with Crippen LogP contribution in [0.5, 0.6) is 0 Å². The summed E-state index contributed by atoms with van der Waals surface area (Å²) in [5.74, 6) is 0. The summed E-state index contributed by atoms with van der Waals surface area (Å²) in [5, 5.41) is 33.8. The van der Waals surface area contributed by atoms with Crippen LogP contribution in [0.15, 0.2) is 0 Å². The summed E-state index contributed by atoms with van der Waals surface area (Å²) in [5.41, 5.74) is 0. The predicted octanol–water partition coefficient (Wildman–Crippen LogP) is 3.01. The van der Waals surface area contributed by atoms with E-state index in [1.54, 1.807) is 0 Å². The van der Waals surface area contributed by atoms with Crippen LogP contribution in [0.3, 0.4) is 0 Å². The van der Waals surface area contributed by atoms with Gasteiger partial charge in [0.05, 0.1) is 0 Å². The highest BCUT2D eigenvalue weighted by molar-refractivity contribution is 4.45. The zero-order valence-electron chi connectivity index (χ0n) is 13.8. The summed E-state index contributed by atoms with van der Waals surface area (Å²) in [6.07, 6.45) is 14.4. The van der Waals surface area contributed by atoms with E-state index in [1.165, 1.54) is 32.1 Å². The van der Waals surface area contributed by atoms with E-state index in [0.29, 0.717) is 26.4 Å². The van der Waals surface area contributed by atoms with Crippen molar-refractivity contribution in [3.8, 4) is 0 Å². The lowest BCUT2D eigenvalue weighted by Crippen LogP contribution is -1.85. The average Bonchev–Trinajstić information content (AvgIpc) is 2.51. The zero-order valence-corrected chi connectivity index (χ0v) is 13.8. The molecular weight excluding hydrogens is 268 g/mol. The van der Waals surface area contributed by atoms with E-state index in [1.807, 2.05) is 0 Å². The minimum absolute atomic E-state index is 0.319. The van der Waals surface area contributed by atoms with Gasteiger partial charge in [-0.3, -0.25) is 0 Å². The van der Waals surface area contributed by atoms with E-state index in [0.717, 1.165) is 51.4 Å². The molecule has 4 N–H and O–H groups in total. The molecule has 4 heteroatoms. The van der Waals surface area contributed by atoms with E-state index in [2.05, 4.69) is 0 Å². The first-order valence-electron chi connectivity index (χ1n) is 8.76. The Morgan fingerprint density at radius 1 is 0.238 bits per heavy atom. The highest BCUT2D eigenvalue weighted by Crippen LogP contribution is 2.06. The molecule has 0 saturated carbocycles. The van der Waals surface area contributed by atoms with Gasteiger partial charge in [-0.15, -0.1) is 0 Å². The molecule has 0 aromatic rings. The standard InChI is InChI=1S/C9H20O2.C8H18O2/c10-8-6-4-2-1-3-5-7-9-11;9-7-5-3-1-2-4-6-8-10/h10-11H,1-9H2;9-10H,1-8H2. The van der Waals surface area contributed by atoms with Crippen molar-refractivity contribution in [2.24, 2.45) is 0 Å². The molecule has 0 heterocycles. The van der Waals surface area contributed by atoms with Gasteiger partial charge < -0.3 is 20.4 Å². The van der Waals surface area contributed by atoms with Crippen LogP contribution in [-0.4, -0.2) is 46.9 Å². The Morgan fingerprint density at radius 2 is 0.381 bits per heavy atom. The smallest absolute Gasteiger partial charge is 0.0431 e. The first kappa shape index (κ1) is 23.1. The largest absolute Gasteiger partial charge is 0.396 e. The van der Waals surface area contributed by atoms with Crippen molar-refractivity contribution in [2.45, 2.75) is 83.5 Å². The van der Waals surface area contributed by atoms with Gasteiger partial charge in [-0.1, -0.05) is 57.8 Å². The topological polar surface area (TPSA) is 80.9 Å². The molecule has 21 heavy (non-hydrogen) atoms. The fourth-order valence-corrected chi connectivity index (χ4v) is 2.04. The van der Waals surface area contributed by atoms with E-state index >= 15 is 0 Å². The SMILES string of the molecule is OCCCCCCCCCO.OCCCCCCCCO. The third-order valence-electron chi connectivity index (χ3n) is 3.38. The third kappa shape index (κ3) is 28.7. The maximum Gasteiger partial charge on any atom is 0.0431 e. The molecule has 0 bridgehead atoms. The number of hydrogen-bond donors (Lipinski definition) is 4. The normalized spacial score (nSPS) is 10.3. The molecule has 4 nitrogen and oxygen atoms in total. The number of hydrogen-bond acceptors (Lipinski definition) is 4. The molecule has 0 atom stereocenters. The van der Waals surface area contributed by atoms with E-state index in [4.69, 9.17) is 20.4 Å². The van der Waals surface area contributed by atoms with Crippen LogP contribution in [0.25, 0.3) is 0 Å². The van der Waals surface area contributed by atoms with Crippen molar-refractivity contribution in [3.05, 3.63) is 0 Å².